The average Bonchev–Trinajstić information content (AvgIpc) is 2.94. The highest BCUT2D eigenvalue weighted by Gasteiger charge is 2.46. The lowest BCUT2D eigenvalue weighted by atomic mass is 9.93. The van der Waals surface area contributed by atoms with Gasteiger partial charge in [0.05, 0.1) is 20.3 Å². The number of benzene rings is 3. The number of phenols is 1. The van der Waals surface area contributed by atoms with Crippen LogP contribution in [0.25, 0.3) is 0 Å². The van der Waals surface area contributed by atoms with Gasteiger partial charge in [0.15, 0.2) is 0 Å². The van der Waals surface area contributed by atoms with Gasteiger partial charge in [0, 0.05) is 5.30 Å². The van der Waals surface area contributed by atoms with Crippen LogP contribution in [0.5, 0.6) is 5.75 Å². The van der Waals surface area contributed by atoms with E-state index in [1.165, 1.54) is 11.1 Å². The molecule has 2 atom stereocenters. The zero-order valence-electron chi connectivity index (χ0n) is 15.0. The van der Waals surface area contributed by atoms with E-state index in [4.69, 9.17) is 0 Å². The number of rotatable bonds is 3. The summed E-state index contributed by atoms with van der Waals surface area (Å²) in [5.41, 5.74) is 2.60. The fourth-order valence-corrected chi connectivity index (χ4v) is 6.55. The summed E-state index contributed by atoms with van der Waals surface area (Å²) in [6.07, 6.45) is 0. The highest BCUT2D eigenvalue weighted by molar-refractivity contribution is 7.61. The van der Waals surface area contributed by atoms with E-state index in [0.29, 0.717) is 5.75 Å². The predicted octanol–water partition coefficient (Wildman–Crippen LogP) is 4.69. The quantitative estimate of drug-likeness (QED) is 0.685. The van der Waals surface area contributed by atoms with Crippen molar-refractivity contribution >= 4 is 13.5 Å². The molecule has 1 aliphatic rings. The minimum Gasteiger partial charge on any atom is -0.507 e. The van der Waals surface area contributed by atoms with Crippen LogP contribution < -0.4 is 5.30 Å². The van der Waals surface area contributed by atoms with E-state index in [1.54, 1.807) is 6.07 Å². The molecule has 0 unspecified atom stereocenters. The van der Waals surface area contributed by atoms with Crippen LogP contribution in [-0.2, 0) is 0 Å². The molecule has 0 saturated carbocycles. The fourth-order valence-electron chi connectivity index (χ4n) is 3.94. The molecular weight excluding hydrogens is 339 g/mol. The van der Waals surface area contributed by atoms with Crippen LogP contribution in [0.3, 0.4) is 0 Å². The summed E-state index contributed by atoms with van der Waals surface area (Å²) in [4.78, 5) is 0. The van der Waals surface area contributed by atoms with Crippen LogP contribution in [0.15, 0.2) is 84.9 Å². The third kappa shape index (κ3) is 2.93. The maximum Gasteiger partial charge on any atom is 0.125 e. The maximum atomic E-state index is 10.5. The molecule has 0 radical (unpaired) electrons. The molecule has 1 fully saturated rings. The van der Waals surface area contributed by atoms with Crippen molar-refractivity contribution < 1.29 is 5.11 Å². The van der Waals surface area contributed by atoms with Crippen LogP contribution in [-0.4, -0.2) is 28.5 Å². The molecule has 1 N–H and O–H groups in total. The molecule has 3 nitrogen and oxygen atoms in total. The summed E-state index contributed by atoms with van der Waals surface area (Å²) in [7, 11) is 3.56. The van der Waals surface area contributed by atoms with Gasteiger partial charge in [-0.15, -0.1) is 0 Å². The normalized spacial score (nSPS) is 21.9. The van der Waals surface area contributed by atoms with Crippen molar-refractivity contribution in [1.29, 1.82) is 0 Å². The summed E-state index contributed by atoms with van der Waals surface area (Å²) in [6.45, 7) is 0. The van der Waals surface area contributed by atoms with Crippen LogP contribution in [0.1, 0.15) is 23.2 Å². The molecule has 1 saturated heterocycles. The van der Waals surface area contributed by atoms with E-state index in [1.807, 2.05) is 18.2 Å². The van der Waals surface area contributed by atoms with Crippen LogP contribution >= 0.6 is 8.22 Å². The third-order valence-corrected chi connectivity index (χ3v) is 7.58. The van der Waals surface area contributed by atoms with Crippen molar-refractivity contribution in [2.24, 2.45) is 0 Å². The van der Waals surface area contributed by atoms with Gasteiger partial charge in [0.1, 0.15) is 5.75 Å². The summed E-state index contributed by atoms with van der Waals surface area (Å²) in [5.74, 6) is 0.373. The van der Waals surface area contributed by atoms with Crippen molar-refractivity contribution in [3.05, 3.63) is 96.1 Å². The molecule has 4 rings (SSSR count). The summed E-state index contributed by atoms with van der Waals surface area (Å²) < 4.78 is 4.86. The molecule has 1 heterocycles. The van der Waals surface area contributed by atoms with Gasteiger partial charge in [-0.3, -0.25) is 9.34 Å². The molecule has 26 heavy (non-hydrogen) atoms. The average molecular weight is 362 g/mol. The van der Waals surface area contributed by atoms with E-state index in [2.05, 4.69) is 84.1 Å². The Hall–Kier alpha value is -2.19. The zero-order chi connectivity index (χ0) is 18.1. The summed E-state index contributed by atoms with van der Waals surface area (Å²) in [6, 6.07) is 29.5. The van der Waals surface area contributed by atoms with Crippen LogP contribution in [0.2, 0.25) is 0 Å². The lowest BCUT2D eigenvalue weighted by Crippen LogP contribution is -2.20. The second-order valence-electron chi connectivity index (χ2n) is 6.64. The zero-order valence-corrected chi connectivity index (χ0v) is 15.9. The van der Waals surface area contributed by atoms with Gasteiger partial charge in [-0.1, -0.05) is 72.8 Å². The number of para-hydroxylation sites is 1. The molecule has 132 valence electrons. The Balaban J connectivity index is 1.84. The lowest BCUT2D eigenvalue weighted by Gasteiger charge is -2.27. The first-order chi connectivity index (χ1) is 12.7. The van der Waals surface area contributed by atoms with Gasteiger partial charge in [-0.2, -0.15) is 0 Å². The van der Waals surface area contributed by atoms with Crippen molar-refractivity contribution in [1.82, 2.24) is 9.34 Å². The van der Waals surface area contributed by atoms with Crippen molar-refractivity contribution in [2.45, 2.75) is 12.1 Å². The molecular formula is C22H23N2OP. The monoisotopic (exact) mass is 362 g/mol. The Morgan fingerprint density at radius 2 is 1.08 bits per heavy atom. The highest BCUT2D eigenvalue weighted by Crippen LogP contribution is 2.62. The number of hydrogen-bond acceptors (Lipinski definition) is 3. The predicted molar refractivity (Wildman–Crippen MR) is 109 cm³/mol. The van der Waals surface area contributed by atoms with Crippen LogP contribution in [0.4, 0.5) is 0 Å². The molecule has 3 aromatic rings. The Morgan fingerprint density at radius 1 is 0.654 bits per heavy atom. The van der Waals surface area contributed by atoms with E-state index in [-0.39, 0.29) is 12.1 Å². The smallest absolute Gasteiger partial charge is 0.125 e. The van der Waals surface area contributed by atoms with Gasteiger partial charge in [0.2, 0.25) is 0 Å². The van der Waals surface area contributed by atoms with Gasteiger partial charge in [-0.05, 0) is 37.4 Å². The first-order valence-corrected chi connectivity index (χ1v) is 10.1. The fraction of sp³-hybridized carbons (Fsp3) is 0.182. The standard InChI is InChI=1S/C22H23N2OP/c1-23-21(17-11-5-3-6-12-17)22(18-13-7-4-8-14-18)24(2)26(23)20-16-10-9-15-19(20)25/h3-16,21-22,25H,1-2H3/t21-,22-/m0/s1. The van der Waals surface area contributed by atoms with Crippen molar-refractivity contribution in [2.75, 3.05) is 14.1 Å². The number of phenolic OH excluding ortho intramolecular Hbond substituents is 1. The molecule has 0 aliphatic carbocycles. The molecule has 0 amide bonds. The molecule has 0 bridgehead atoms. The largest absolute Gasteiger partial charge is 0.507 e. The molecule has 4 heteroatoms. The number of aromatic hydroxyl groups is 1. The Bertz CT molecular complexity index is 820. The van der Waals surface area contributed by atoms with Gasteiger partial charge < -0.3 is 5.11 Å². The Kier molecular flexibility index (Phi) is 4.78. The SMILES string of the molecule is CN1[C@@H](c2ccccc2)[C@H](c2ccccc2)N(C)P1c1ccccc1O. The Morgan fingerprint density at radius 3 is 1.54 bits per heavy atom. The van der Waals surface area contributed by atoms with Crippen molar-refractivity contribution in [3.63, 3.8) is 0 Å². The summed E-state index contributed by atoms with van der Waals surface area (Å²) in [5, 5.41) is 11.5. The van der Waals surface area contributed by atoms with Gasteiger partial charge >= 0.3 is 0 Å². The highest BCUT2D eigenvalue weighted by atomic mass is 31.1. The summed E-state index contributed by atoms with van der Waals surface area (Å²) >= 11 is 0. The Labute approximate surface area is 156 Å². The van der Waals surface area contributed by atoms with Crippen molar-refractivity contribution in [3.8, 4) is 5.75 Å². The van der Waals surface area contributed by atoms with E-state index in [0.717, 1.165) is 5.30 Å². The number of hydrogen-bond donors (Lipinski definition) is 1. The first kappa shape index (κ1) is 17.2. The van der Waals surface area contributed by atoms with Gasteiger partial charge in [0.25, 0.3) is 0 Å². The maximum absolute atomic E-state index is 10.5. The number of likely N-dealkylation sites (N-methyl/N-ethyl adjacent to an activating group) is 2. The topological polar surface area (TPSA) is 26.7 Å². The molecule has 0 spiro atoms. The second kappa shape index (κ2) is 7.20. The van der Waals surface area contributed by atoms with E-state index in [9.17, 15) is 5.11 Å². The van der Waals surface area contributed by atoms with E-state index < -0.39 is 8.22 Å². The first-order valence-electron chi connectivity index (χ1n) is 8.82. The molecule has 3 aromatic carbocycles. The lowest BCUT2D eigenvalue weighted by molar-refractivity contribution is 0.316. The molecule has 1 aliphatic heterocycles. The molecule has 0 aromatic heterocycles. The van der Waals surface area contributed by atoms with Crippen LogP contribution in [0, 0.1) is 0 Å². The second-order valence-corrected chi connectivity index (χ2v) is 8.96. The number of nitrogens with zero attached hydrogens (tertiary/aromatic N) is 2. The minimum atomic E-state index is -0.793. The third-order valence-electron chi connectivity index (χ3n) is 5.08. The van der Waals surface area contributed by atoms with Gasteiger partial charge in [-0.25, -0.2) is 0 Å². The minimum absolute atomic E-state index is 0.231. The van der Waals surface area contributed by atoms with E-state index >= 15 is 0 Å².